The van der Waals surface area contributed by atoms with Gasteiger partial charge in [-0.15, -0.1) is 0 Å². The highest BCUT2D eigenvalue weighted by atomic mass is 16.4. The Kier molecular flexibility index (Phi) is 1.86. The van der Waals surface area contributed by atoms with E-state index >= 15 is 0 Å². The van der Waals surface area contributed by atoms with E-state index in [1.807, 2.05) is 0 Å². The minimum atomic E-state index is -0.999. The molecule has 4 heteroatoms. The van der Waals surface area contributed by atoms with Crippen LogP contribution in [0.2, 0.25) is 0 Å². The Morgan fingerprint density at radius 1 is 0.833 bits per heavy atom. The van der Waals surface area contributed by atoms with Crippen molar-refractivity contribution in [3.05, 3.63) is 11.1 Å². The molecular formula is C14H16O4. The van der Waals surface area contributed by atoms with Gasteiger partial charge in [0.1, 0.15) is 0 Å². The quantitative estimate of drug-likeness (QED) is 0.730. The number of hydrogen-bond donors (Lipinski definition) is 2. The van der Waals surface area contributed by atoms with Gasteiger partial charge in [0.15, 0.2) is 0 Å². The first kappa shape index (κ1) is 10.6. The van der Waals surface area contributed by atoms with Gasteiger partial charge in [-0.05, 0) is 61.2 Å². The SMILES string of the molecule is O=C(O)C1=C(C(=O)O)C2CC1C1C3CCC(C3)C21. The first-order chi connectivity index (χ1) is 8.59. The highest BCUT2D eigenvalue weighted by Crippen LogP contribution is 2.68. The average Bonchev–Trinajstić information content (AvgIpc) is 3.04. The summed E-state index contributed by atoms with van der Waals surface area (Å²) in [6, 6.07) is 0. The second-order valence-electron chi connectivity index (χ2n) is 6.37. The zero-order valence-electron chi connectivity index (χ0n) is 10.0. The summed E-state index contributed by atoms with van der Waals surface area (Å²) in [5, 5.41) is 18.6. The maximum atomic E-state index is 11.4. The highest BCUT2D eigenvalue weighted by Gasteiger charge is 2.64. The monoisotopic (exact) mass is 248 g/mol. The van der Waals surface area contributed by atoms with Crippen LogP contribution in [-0.2, 0) is 9.59 Å². The van der Waals surface area contributed by atoms with E-state index in [2.05, 4.69) is 0 Å². The predicted molar refractivity (Wildman–Crippen MR) is 61.7 cm³/mol. The van der Waals surface area contributed by atoms with Crippen molar-refractivity contribution in [3.8, 4) is 0 Å². The van der Waals surface area contributed by atoms with E-state index in [9.17, 15) is 19.8 Å². The van der Waals surface area contributed by atoms with E-state index in [0.717, 1.165) is 6.42 Å². The number of carbonyl (C=O) groups is 2. The Morgan fingerprint density at radius 3 is 1.67 bits per heavy atom. The standard InChI is InChI=1S/C14H16O4/c15-13(16)11-7-4-8(12(11)14(17)18)10-6-2-1-5(3-6)9(7)10/h5-10H,1-4H2,(H,15,16)(H,17,18). The third-order valence-electron chi connectivity index (χ3n) is 5.98. The van der Waals surface area contributed by atoms with E-state index in [0.29, 0.717) is 23.7 Å². The number of rotatable bonds is 2. The van der Waals surface area contributed by atoms with Crippen molar-refractivity contribution in [2.24, 2.45) is 35.5 Å². The van der Waals surface area contributed by atoms with Crippen LogP contribution in [0.15, 0.2) is 11.1 Å². The van der Waals surface area contributed by atoms with Crippen molar-refractivity contribution in [3.63, 3.8) is 0 Å². The molecule has 3 fully saturated rings. The summed E-state index contributed by atoms with van der Waals surface area (Å²) in [5.41, 5.74) is 0.475. The molecule has 0 amide bonds. The molecule has 0 saturated heterocycles. The third kappa shape index (κ3) is 1.03. The van der Waals surface area contributed by atoms with Gasteiger partial charge in [0.05, 0.1) is 11.1 Å². The molecule has 0 aromatic rings. The summed E-state index contributed by atoms with van der Waals surface area (Å²) in [6.45, 7) is 0. The van der Waals surface area contributed by atoms with Crippen molar-refractivity contribution in [1.29, 1.82) is 0 Å². The molecule has 2 N–H and O–H groups in total. The fourth-order valence-corrected chi connectivity index (χ4v) is 5.73. The average molecular weight is 248 g/mol. The maximum Gasteiger partial charge on any atom is 0.332 e. The van der Waals surface area contributed by atoms with Crippen LogP contribution in [0.25, 0.3) is 0 Å². The molecule has 4 nitrogen and oxygen atoms in total. The molecule has 0 aromatic heterocycles. The zero-order chi connectivity index (χ0) is 12.6. The molecule has 4 aliphatic carbocycles. The van der Waals surface area contributed by atoms with Crippen LogP contribution in [-0.4, -0.2) is 22.2 Å². The van der Waals surface area contributed by atoms with E-state index in [1.54, 1.807) is 0 Å². The number of carboxylic acid groups (broad SMARTS) is 2. The van der Waals surface area contributed by atoms with Crippen molar-refractivity contribution >= 4 is 11.9 Å². The van der Waals surface area contributed by atoms with Gasteiger partial charge in [-0.3, -0.25) is 0 Å². The van der Waals surface area contributed by atoms with E-state index in [4.69, 9.17) is 0 Å². The third-order valence-corrected chi connectivity index (χ3v) is 5.98. The molecule has 6 atom stereocenters. The molecule has 6 unspecified atom stereocenters. The lowest BCUT2D eigenvalue weighted by molar-refractivity contribution is -0.137. The fraction of sp³-hybridized carbons (Fsp3) is 0.714. The summed E-state index contributed by atoms with van der Waals surface area (Å²) in [4.78, 5) is 22.8. The predicted octanol–water partition coefficient (Wildman–Crippen LogP) is 1.76. The molecule has 4 bridgehead atoms. The molecule has 4 rings (SSSR count). The largest absolute Gasteiger partial charge is 0.478 e. The molecule has 3 saturated carbocycles. The lowest BCUT2D eigenvalue weighted by Gasteiger charge is -2.35. The molecule has 0 spiro atoms. The van der Waals surface area contributed by atoms with E-state index in [1.165, 1.54) is 19.3 Å². The molecule has 0 aromatic carbocycles. The van der Waals surface area contributed by atoms with Gasteiger partial charge in [-0.25, -0.2) is 9.59 Å². The number of aliphatic carboxylic acids is 2. The van der Waals surface area contributed by atoms with Crippen LogP contribution in [0, 0.1) is 35.5 Å². The summed E-state index contributed by atoms with van der Waals surface area (Å²) >= 11 is 0. The summed E-state index contributed by atoms with van der Waals surface area (Å²) < 4.78 is 0. The van der Waals surface area contributed by atoms with Crippen molar-refractivity contribution in [2.45, 2.75) is 25.7 Å². The lowest BCUT2D eigenvalue weighted by Crippen LogP contribution is -2.33. The first-order valence-electron chi connectivity index (χ1n) is 6.80. The Hall–Kier alpha value is -1.32. The first-order valence-corrected chi connectivity index (χ1v) is 6.80. The maximum absolute atomic E-state index is 11.4. The molecule has 96 valence electrons. The summed E-state index contributed by atoms with van der Waals surface area (Å²) in [7, 11) is 0. The van der Waals surface area contributed by atoms with Crippen molar-refractivity contribution in [2.75, 3.05) is 0 Å². The van der Waals surface area contributed by atoms with Crippen LogP contribution in [0.4, 0.5) is 0 Å². The van der Waals surface area contributed by atoms with E-state index < -0.39 is 11.9 Å². The van der Waals surface area contributed by atoms with Crippen LogP contribution < -0.4 is 0 Å². The number of fused-ring (bicyclic) bond motifs is 9. The van der Waals surface area contributed by atoms with Gasteiger partial charge >= 0.3 is 11.9 Å². The smallest absolute Gasteiger partial charge is 0.332 e. The molecular weight excluding hydrogens is 232 g/mol. The van der Waals surface area contributed by atoms with Crippen LogP contribution in [0.1, 0.15) is 25.7 Å². The molecule has 0 aliphatic heterocycles. The second-order valence-corrected chi connectivity index (χ2v) is 6.37. The summed E-state index contributed by atoms with van der Waals surface area (Å²) in [5.74, 6) is 0.338. The minimum Gasteiger partial charge on any atom is -0.478 e. The Bertz CT molecular complexity index is 450. The minimum absolute atomic E-state index is 0.0268. The van der Waals surface area contributed by atoms with Gasteiger partial charge in [0.25, 0.3) is 0 Å². The Balaban J connectivity index is 1.83. The Labute approximate surface area is 105 Å². The molecule has 0 radical (unpaired) electrons. The molecule has 18 heavy (non-hydrogen) atoms. The van der Waals surface area contributed by atoms with Gasteiger partial charge < -0.3 is 10.2 Å². The van der Waals surface area contributed by atoms with Crippen molar-refractivity contribution < 1.29 is 19.8 Å². The van der Waals surface area contributed by atoms with Gasteiger partial charge in [-0.1, -0.05) is 0 Å². The van der Waals surface area contributed by atoms with Gasteiger partial charge in [0.2, 0.25) is 0 Å². The van der Waals surface area contributed by atoms with Crippen LogP contribution in [0.3, 0.4) is 0 Å². The zero-order valence-corrected chi connectivity index (χ0v) is 10.0. The molecule has 0 heterocycles. The number of carboxylic acids is 2. The molecule has 4 aliphatic rings. The van der Waals surface area contributed by atoms with Crippen molar-refractivity contribution in [1.82, 2.24) is 0 Å². The number of hydrogen-bond acceptors (Lipinski definition) is 2. The highest BCUT2D eigenvalue weighted by molar-refractivity contribution is 6.01. The normalized spacial score (nSPS) is 47.8. The second kappa shape index (κ2) is 3.16. The van der Waals surface area contributed by atoms with Crippen LogP contribution >= 0.6 is 0 Å². The van der Waals surface area contributed by atoms with E-state index in [-0.39, 0.29) is 23.0 Å². The van der Waals surface area contributed by atoms with Gasteiger partial charge in [0, 0.05) is 0 Å². The lowest BCUT2D eigenvalue weighted by atomic mass is 9.69. The van der Waals surface area contributed by atoms with Crippen LogP contribution in [0.5, 0.6) is 0 Å². The van der Waals surface area contributed by atoms with Gasteiger partial charge in [-0.2, -0.15) is 0 Å². The topological polar surface area (TPSA) is 74.6 Å². The Morgan fingerprint density at radius 2 is 1.28 bits per heavy atom. The summed E-state index contributed by atoms with van der Waals surface area (Å²) in [6.07, 6.45) is 4.45. The fourth-order valence-electron chi connectivity index (χ4n) is 5.73.